The van der Waals surface area contributed by atoms with Gasteiger partial charge in [0.2, 0.25) is 5.91 Å². The summed E-state index contributed by atoms with van der Waals surface area (Å²) in [4.78, 5) is 17.3. The van der Waals surface area contributed by atoms with Crippen LogP contribution in [0.25, 0.3) is 0 Å². The lowest BCUT2D eigenvalue weighted by atomic mass is 9.77. The number of rotatable bonds is 5. The maximum absolute atomic E-state index is 13.1. The monoisotopic (exact) mass is 396 g/mol. The molecule has 0 saturated heterocycles. The lowest BCUT2D eigenvalue weighted by molar-refractivity contribution is -0.137. The van der Waals surface area contributed by atoms with Crippen LogP contribution in [-0.4, -0.2) is 10.9 Å². The fourth-order valence-corrected chi connectivity index (χ4v) is 4.19. The summed E-state index contributed by atoms with van der Waals surface area (Å²) in [7, 11) is 0. The van der Waals surface area contributed by atoms with Gasteiger partial charge in [0.1, 0.15) is 0 Å². The second kappa shape index (κ2) is 7.20. The minimum atomic E-state index is -4.44. The molecule has 8 heteroatoms. The first kappa shape index (κ1) is 18.6. The highest BCUT2D eigenvalue weighted by Gasteiger charge is 2.36. The number of benzene rings is 1. The summed E-state index contributed by atoms with van der Waals surface area (Å²) < 4.78 is 39.4. The average Bonchev–Trinajstić information content (AvgIpc) is 3.27. The lowest BCUT2D eigenvalue weighted by Crippen LogP contribution is -2.29. The van der Waals surface area contributed by atoms with Gasteiger partial charge in [-0.05, 0) is 23.1 Å². The molecule has 0 aliphatic rings. The van der Waals surface area contributed by atoms with E-state index in [4.69, 9.17) is 0 Å². The number of carbonyl (C=O) groups excluding carboxylic acids is 1. The van der Waals surface area contributed by atoms with Gasteiger partial charge in [-0.2, -0.15) is 13.2 Å². The molecule has 0 aliphatic heterocycles. The molecule has 0 bridgehead atoms. The Balaban J connectivity index is 1.96. The van der Waals surface area contributed by atoms with Crippen molar-refractivity contribution >= 4 is 33.7 Å². The molecule has 0 aliphatic carbocycles. The van der Waals surface area contributed by atoms with E-state index < -0.39 is 17.2 Å². The number of nitrogens with zero attached hydrogens (tertiary/aromatic N) is 1. The predicted octanol–water partition coefficient (Wildman–Crippen LogP) is 5.56. The van der Waals surface area contributed by atoms with Crippen molar-refractivity contribution in [1.82, 2.24) is 4.98 Å². The molecule has 0 saturated carbocycles. The highest BCUT2D eigenvalue weighted by molar-refractivity contribution is 7.13. The Labute approximate surface area is 156 Å². The van der Waals surface area contributed by atoms with Crippen molar-refractivity contribution < 1.29 is 18.0 Å². The number of halogens is 3. The summed E-state index contributed by atoms with van der Waals surface area (Å²) in [6.45, 7) is 1.79. The van der Waals surface area contributed by atoms with E-state index in [0.717, 1.165) is 17.0 Å². The van der Waals surface area contributed by atoms with E-state index in [0.29, 0.717) is 10.7 Å². The first-order valence-corrected chi connectivity index (χ1v) is 9.46. The number of anilines is 1. The Bertz CT molecular complexity index is 876. The SMILES string of the molecule is C[C@@](CC(=O)Nc1nccs1)(c1cccc(C(F)(F)F)c1)c1cccs1. The highest BCUT2D eigenvalue weighted by Crippen LogP contribution is 2.40. The number of alkyl halides is 3. The summed E-state index contributed by atoms with van der Waals surface area (Å²) in [5.41, 5.74) is -1.15. The van der Waals surface area contributed by atoms with Crippen molar-refractivity contribution in [2.75, 3.05) is 5.32 Å². The molecule has 2 aromatic heterocycles. The van der Waals surface area contributed by atoms with Gasteiger partial charge in [0.15, 0.2) is 5.13 Å². The lowest BCUT2D eigenvalue weighted by Gasteiger charge is -2.29. The third kappa shape index (κ3) is 3.96. The third-order valence-electron chi connectivity index (χ3n) is 4.08. The number of amides is 1. The van der Waals surface area contributed by atoms with Crippen LogP contribution in [0.5, 0.6) is 0 Å². The summed E-state index contributed by atoms with van der Waals surface area (Å²) in [5.74, 6) is -0.298. The van der Waals surface area contributed by atoms with Crippen LogP contribution in [0.4, 0.5) is 18.3 Å². The molecular formula is C18H15F3N2OS2. The summed E-state index contributed by atoms with van der Waals surface area (Å²) >= 11 is 2.70. The number of nitrogens with one attached hydrogen (secondary N) is 1. The molecular weight excluding hydrogens is 381 g/mol. The quantitative estimate of drug-likeness (QED) is 0.614. The Hall–Kier alpha value is -2.19. The molecule has 1 N–H and O–H groups in total. The predicted molar refractivity (Wildman–Crippen MR) is 97.6 cm³/mol. The van der Waals surface area contributed by atoms with E-state index in [-0.39, 0.29) is 12.3 Å². The van der Waals surface area contributed by atoms with Crippen LogP contribution in [0.1, 0.15) is 29.3 Å². The average molecular weight is 396 g/mol. The van der Waals surface area contributed by atoms with Crippen LogP contribution in [0.2, 0.25) is 0 Å². The molecule has 0 fully saturated rings. The van der Waals surface area contributed by atoms with E-state index in [2.05, 4.69) is 10.3 Å². The number of thiophene rings is 1. The van der Waals surface area contributed by atoms with Gasteiger partial charge in [-0.1, -0.05) is 31.2 Å². The van der Waals surface area contributed by atoms with Crippen LogP contribution >= 0.6 is 22.7 Å². The zero-order valence-corrected chi connectivity index (χ0v) is 15.3. The van der Waals surface area contributed by atoms with E-state index in [9.17, 15) is 18.0 Å². The molecule has 1 amide bonds. The Morgan fingerprint density at radius 1 is 1.12 bits per heavy atom. The zero-order valence-electron chi connectivity index (χ0n) is 13.7. The normalized spacial score (nSPS) is 14.0. The van der Waals surface area contributed by atoms with Gasteiger partial charge in [-0.15, -0.1) is 22.7 Å². The van der Waals surface area contributed by atoms with Crippen LogP contribution in [0.15, 0.2) is 53.4 Å². The summed E-state index contributed by atoms with van der Waals surface area (Å²) in [5, 5.41) is 6.75. The fraction of sp³-hybridized carbons (Fsp3) is 0.222. The molecule has 3 nitrogen and oxygen atoms in total. The molecule has 1 atom stereocenters. The van der Waals surface area contributed by atoms with Crippen LogP contribution in [0.3, 0.4) is 0 Å². The molecule has 0 unspecified atom stereocenters. The number of hydrogen-bond donors (Lipinski definition) is 1. The van der Waals surface area contributed by atoms with Gasteiger partial charge in [0.25, 0.3) is 0 Å². The van der Waals surface area contributed by atoms with Crippen molar-refractivity contribution in [2.24, 2.45) is 0 Å². The number of thiazole rings is 1. The maximum atomic E-state index is 13.1. The third-order valence-corrected chi connectivity index (χ3v) is 5.91. The van der Waals surface area contributed by atoms with Gasteiger partial charge >= 0.3 is 6.18 Å². The van der Waals surface area contributed by atoms with E-state index in [1.165, 1.54) is 28.7 Å². The molecule has 1 aromatic carbocycles. The minimum Gasteiger partial charge on any atom is -0.302 e. The standard InChI is InChI=1S/C18H15F3N2OS2/c1-17(14-6-3-8-25-14,11-15(24)23-16-22-7-9-26-16)12-4-2-5-13(10-12)18(19,20)21/h2-10H,11H2,1H3,(H,22,23,24)/t17-/m1/s1. The van der Waals surface area contributed by atoms with Crippen LogP contribution < -0.4 is 5.32 Å². The second-order valence-corrected chi connectivity index (χ2v) is 7.79. The van der Waals surface area contributed by atoms with E-state index >= 15 is 0 Å². The highest BCUT2D eigenvalue weighted by atomic mass is 32.1. The van der Waals surface area contributed by atoms with Crippen molar-refractivity contribution in [3.8, 4) is 0 Å². The van der Waals surface area contributed by atoms with Gasteiger partial charge in [0.05, 0.1) is 5.56 Å². The summed E-state index contributed by atoms with van der Waals surface area (Å²) in [6, 6.07) is 8.82. The Kier molecular flexibility index (Phi) is 5.15. The van der Waals surface area contributed by atoms with Gasteiger partial charge in [-0.25, -0.2) is 4.98 Å². The zero-order chi connectivity index (χ0) is 18.8. The van der Waals surface area contributed by atoms with Crippen molar-refractivity contribution in [1.29, 1.82) is 0 Å². The Morgan fingerprint density at radius 2 is 1.88 bits per heavy atom. The molecule has 26 heavy (non-hydrogen) atoms. The van der Waals surface area contributed by atoms with E-state index in [1.54, 1.807) is 24.6 Å². The largest absolute Gasteiger partial charge is 0.416 e. The van der Waals surface area contributed by atoms with Gasteiger partial charge < -0.3 is 5.32 Å². The molecule has 3 aromatic rings. The maximum Gasteiger partial charge on any atom is 0.416 e. The van der Waals surface area contributed by atoms with Crippen molar-refractivity contribution in [3.05, 3.63) is 69.4 Å². The Morgan fingerprint density at radius 3 is 2.50 bits per heavy atom. The van der Waals surface area contributed by atoms with Crippen LogP contribution in [-0.2, 0) is 16.4 Å². The molecule has 2 heterocycles. The number of aromatic nitrogens is 1. The topological polar surface area (TPSA) is 42.0 Å². The number of hydrogen-bond acceptors (Lipinski definition) is 4. The first-order valence-electron chi connectivity index (χ1n) is 7.70. The second-order valence-electron chi connectivity index (χ2n) is 5.95. The fourth-order valence-electron chi connectivity index (χ4n) is 2.73. The molecule has 0 radical (unpaired) electrons. The first-order chi connectivity index (χ1) is 12.3. The number of carbonyl (C=O) groups is 1. The molecule has 136 valence electrons. The van der Waals surface area contributed by atoms with Crippen LogP contribution in [0, 0.1) is 0 Å². The minimum absolute atomic E-state index is 0.00834. The van der Waals surface area contributed by atoms with E-state index in [1.807, 2.05) is 17.5 Å². The summed E-state index contributed by atoms with van der Waals surface area (Å²) in [6.07, 6.45) is -2.85. The van der Waals surface area contributed by atoms with Crippen molar-refractivity contribution in [3.63, 3.8) is 0 Å². The van der Waals surface area contributed by atoms with Gasteiger partial charge in [-0.3, -0.25) is 4.79 Å². The molecule has 3 rings (SSSR count). The van der Waals surface area contributed by atoms with Gasteiger partial charge in [0, 0.05) is 28.3 Å². The van der Waals surface area contributed by atoms with Crippen molar-refractivity contribution in [2.45, 2.75) is 24.9 Å². The molecule has 0 spiro atoms. The smallest absolute Gasteiger partial charge is 0.302 e.